The number of carbonyl (C=O) groups excluding carboxylic acids is 5. The zero-order valence-electron chi connectivity index (χ0n) is 27.6. The van der Waals surface area contributed by atoms with Crippen molar-refractivity contribution in [3.05, 3.63) is 45.5 Å². The van der Waals surface area contributed by atoms with Crippen molar-refractivity contribution in [1.29, 1.82) is 0 Å². The average Bonchev–Trinajstić information content (AvgIpc) is 3.34. The van der Waals surface area contributed by atoms with Gasteiger partial charge in [-0.05, 0) is 85.8 Å². The molecule has 0 radical (unpaired) electrons. The molecule has 260 valence electrons. The number of allylic oxidation sites excluding steroid dienone is 1. The summed E-state index contributed by atoms with van der Waals surface area (Å²) < 4.78 is 9.97. The van der Waals surface area contributed by atoms with Gasteiger partial charge in [-0.2, -0.15) is 0 Å². The fourth-order valence-electron chi connectivity index (χ4n) is 9.27. The zero-order chi connectivity index (χ0) is 35.0. The maximum atomic E-state index is 13.5. The van der Waals surface area contributed by atoms with Gasteiger partial charge in [-0.15, -0.1) is 0 Å². The van der Waals surface area contributed by atoms with E-state index in [9.17, 15) is 44.3 Å². The van der Waals surface area contributed by atoms with Gasteiger partial charge >= 0.3 is 17.6 Å². The molecule has 7 atom stereocenters. The van der Waals surface area contributed by atoms with Crippen molar-refractivity contribution in [2.45, 2.75) is 96.1 Å². The van der Waals surface area contributed by atoms with Crippen molar-refractivity contribution < 1.29 is 48.6 Å². The molecular formula is C35H44N2O11. The Morgan fingerprint density at radius 2 is 1.79 bits per heavy atom. The molecule has 4 aliphatic carbocycles. The Kier molecular flexibility index (Phi) is 9.83. The van der Waals surface area contributed by atoms with Crippen LogP contribution in [0.1, 0.15) is 83.6 Å². The van der Waals surface area contributed by atoms with E-state index in [-0.39, 0.29) is 41.9 Å². The van der Waals surface area contributed by atoms with E-state index >= 15 is 0 Å². The average molecular weight is 669 g/mol. The highest BCUT2D eigenvalue weighted by molar-refractivity contribution is 5.92. The molecule has 0 saturated heterocycles. The van der Waals surface area contributed by atoms with E-state index in [1.165, 1.54) is 11.6 Å². The second kappa shape index (κ2) is 13.4. The molecule has 5 rings (SSSR count). The molecule has 48 heavy (non-hydrogen) atoms. The molecule has 3 saturated carbocycles. The number of Topliss-reactive ketones (excluding diaryl/α,β-unsaturated/α-hetero) is 1. The Hall–Kier alpha value is -4.13. The number of hydrogen-bond acceptors (Lipinski definition) is 11. The van der Waals surface area contributed by atoms with Gasteiger partial charge in [0.05, 0.1) is 18.5 Å². The van der Waals surface area contributed by atoms with E-state index in [1.54, 1.807) is 0 Å². The van der Waals surface area contributed by atoms with Crippen LogP contribution in [0.5, 0.6) is 5.75 Å². The van der Waals surface area contributed by atoms with Gasteiger partial charge in [-0.1, -0.05) is 25.5 Å². The Bertz CT molecular complexity index is 1550. The van der Waals surface area contributed by atoms with E-state index in [2.05, 4.69) is 12.2 Å². The van der Waals surface area contributed by atoms with E-state index in [1.807, 2.05) is 13.0 Å². The maximum Gasteiger partial charge on any atom is 0.328 e. The largest absolute Gasteiger partial charge is 0.502 e. The van der Waals surface area contributed by atoms with Gasteiger partial charge in [0.15, 0.2) is 18.1 Å². The lowest BCUT2D eigenvalue weighted by Gasteiger charge is -2.58. The molecule has 0 bridgehead atoms. The Morgan fingerprint density at radius 3 is 2.50 bits per heavy atom. The van der Waals surface area contributed by atoms with E-state index in [0.717, 1.165) is 44.9 Å². The fraction of sp³-hybridized carbons (Fsp3) is 0.629. The van der Waals surface area contributed by atoms with Gasteiger partial charge in [-0.3, -0.25) is 29.3 Å². The van der Waals surface area contributed by atoms with Gasteiger partial charge in [0.1, 0.15) is 11.6 Å². The number of nitrogens with one attached hydrogen (secondary N) is 1. The number of aliphatic hydroxyl groups is 1. The first kappa shape index (κ1) is 35.2. The number of phenols is 1. The normalized spacial score (nSPS) is 31.3. The lowest BCUT2D eigenvalue weighted by molar-refractivity contribution is -0.385. The van der Waals surface area contributed by atoms with Gasteiger partial charge in [0.2, 0.25) is 11.7 Å². The first-order valence-electron chi connectivity index (χ1n) is 16.6. The minimum absolute atomic E-state index is 0.0339. The standard InChI is InChI=1S/C35H44N2O11/c1-33-13-10-22(38)18-21(33)5-6-23-24(33)11-14-34(2)25(23)12-15-35(34,44)29(40)19-48-31(42)9-8-30(41)36-26(32(43)47-3)16-20-4-7-28(39)27(17-20)37(45)46/h4,7,17-18,23-26,39,44H,5-6,8-16,19H2,1-3H3,(H,36,41)/t23-,24+,25+,26-,33+,34+,35+/m1/s1. The maximum absolute atomic E-state index is 13.5. The summed E-state index contributed by atoms with van der Waals surface area (Å²) in [5, 5.41) is 35.1. The molecule has 0 heterocycles. The number of carbonyl (C=O) groups is 5. The molecule has 13 heteroatoms. The topological polar surface area (TPSA) is 199 Å². The number of methoxy groups -OCH3 is 1. The summed E-state index contributed by atoms with van der Waals surface area (Å²) >= 11 is 0. The highest BCUT2D eigenvalue weighted by atomic mass is 16.6. The number of phenolic OH excluding ortho intramolecular Hbond substituents is 1. The number of rotatable bonds is 11. The van der Waals surface area contributed by atoms with Crippen molar-refractivity contribution in [2.24, 2.45) is 28.6 Å². The Labute approximate surface area is 278 Å². The molecular weight excluding hydrogens is 624 g/mol. The molecule has 4 aliphatic rings. The first-order chi connectivity index (χ1) is 22.6. The van der Waals surface area contributed by atoms with Crippen LogP contribution in [0.15, 0.2) is 29.8 Å². The predicted molar refractivity (Wildman–Crippen MR) is 169 cm³/mol. The van der Waals surface area contributed by atoms with Gasteiger partial charge in [0, 0.05) is 30.7 Å². The minimum atomic E-state index is -1.64. The smallest absolute Gasteiger partial charge is 0.328 e. The molecule has 1 amide bonds. The number of nitro groups is 1. The summed E-state index contributed by atoms with van der Waals surface area (Å²) in [7, 11) is 1.12. The number of nitrogens with zero attached hydrogens (tertiary/aromatic N) is 1. The summed E-state index contributed by atoms with van der Waals surface area (Å²) in [5.41, 5.74) is -1.37. The second-order valence-corrected chi connectivity index (χ2v) is 14.3. The number of amides is 1. The molecule has 1 aromatic carbocycles. The molecule has 13 nitrogen and oxygen atoms in total. The summed E-state index contributed by atoms with van der Waals surface area (Å²) in [6.07, 6.45) is 6.57. The highest BCUT2D eigenvalue weighted by Crippen LogP contribution is 2.67. The number of benzene rings is 1. The molecule has 0 aromatic heterocycles. The van der Waals surface area contributed by atoms with Crippen molar-refractivity contribution in [2.75, 3.05) is 13.7 Å². The third-order valence-corrected chi connectivity index (χ3v) is 12.0. The predicted octanol–water partition coefficient (Wildman–Crippen LogP) is 3.66. The minimum Gasteiger partial charge on any atom is -0.502 e. The van der Waals surface area contributed by atoms with Gasteiger partial charge in [0.25, 0.3) is 0 Å². The van der Waals surface area contributed by atoms with Crippen LogP contribution in [-0.4, -0.2) is 69.9 Å². The quantitative estimate of drug-likeness (QED) is 0.177. The van der Waals surface area contributed by atoms with Crippen LogP contribution in [0.2, 0.25) is 0 Å². The fourth-order valence-corrected chi connectivity index (χ4v) is 9.27. The Morgan fingerprint density at radius 1 is 1.06 bits per heavy atom. The summed E-state index contributed by atoms with van der Waals surface area (Å²) in [5.74, 6) is -2.36. The number of hydrogen-bond donors (Lipinski definition) is 3. The third-order valence-electron chi connectivity index (χ3n) is 12.0. The lowest BCUT2D eigenvalue weighted by atomic mass is 9.46. The van der Waals surface area contributed by atoms with Crippen LogP contribution in [-0.2, 0) is 39.9 Å². The van der Waals surface area contributed by atoms with Crippen LogP contribution in [0.25, 0.3) is 0 Å². The molecule has 3 N–H and O–H groups in total. The van der Waals surface area contributed by atoms with Crippen LogP contribution >= 0.6 is 0 Å². The molecule has 0 aliphatic heterocycles. The first-order valence-corrected chi connectivity index (χ1v) is 16.6. The summed E-state index contributed by atoms with van der Waals surface area (Å²) in [6, 6.07) is 2.34. The number of nitro benzene ring substituents is 1. The van der Waals surface area contributed by atoms with Crippen molar-refractivity contribution in [3.63, 3.8) is 0 Å². The monoisotopic (exact) mass is 668 g/mol. The number of ether oxygens (including phenoxy) is 2. The van der Waals surface area contributed by atoms with E-state index in [0.29, 0.717) is 31.1 Å². The lowest BCUT2D eigenvalue weighted by Crippen LogP contribution is -2.58. The molecule has 0 spiro atoms. The van der Waals surface area contributed by atoms with Crippen LogP contribution < -0.4 is 5.32 Å². The SMILES string of the molecule is COC(=O)[C@@H](Cc1ccc(O)c([N+](=O)[O-])c1)NC(=O)CCC(=O)OCC(=O)[C@@]1(O)CC[C@H]2[C@@H]3CCC4=CC(=O)CC[C@]4(C)[C@H]3CC[C@@]21C. The highest BCUT2D eigenvalue weighted by Gasteiger charge is 2.66. The van der Waals surface area contributed by atoms with Crippen LogP contribution in [0.4, 0.5) is 5.69 Å². The van der Waals surface area contributed by atoms with E-state index in [4.69, 9.17) is 9.47 Å². The van der Waals surface area contributed by atoms with E-state index < -0.39 is 70.1 Å². The summed E-state index contributed by atoms with van der Waals surface area (Å²) in [6.45, 7) is 3.64. The molecule has 1 aromatic rings. The Balaban J connectivity index is 1.14. The van der Waals surface area contributed by atoms with Crippen molar-refractivity contribution in [3.8, 4) is 5.75 Å². The third kappa shape index (κ3) is 6.36. The molecule has 3 fully saturated rings. The van der Waals surface area contributed by atoms with Gasteiger partial charge < -0.3 is 25.0 Å². The zero-order valence-corrected chi connectivity index (χ0v) is 27.6. The summed E-state index contributed by atoms with van der Waals surface area (Å²) in [4.78, 5) is 73.5. The van der Waals surface area contributed by atoms with Crippen LogP contribution in [0, 0.1) is 38.7 Å². The van der Waals surface area contributed by atoms with Gasteiger partial charge in [-0.25, -0.2) is 4.79 Å². The number of esters is 2. The number of aromatic hydroxyl groups is 1. The van der Waals surface area contributed by atoms with Crippen LogP contribution in [0.3, 0.4) is 0 Å². The molecule has 0 unspecified atom stereocenters. The number of ketones is 2. The number of fused-ring (bicyclic) bond motifs is 5. The van der Waals surface area contributed by atoms with Crippen molar-refractivity contribution >= 4 is 35.1 Å². The van der Waals surface area contributed by atoms with Crippen molar-refractivity contribution in [1.82, 2.24) is 5.32 Å². The second-order valence-electron chi connectivity index (χ2n) is 14.3.